The Kier molecular flexibility index (Phi) is 6.04. The molecule has 1 fully saturated rings. The van der Waals surface area contributed by atoms with Gasteiger partial charge in [-0.25, -0.2) is 9.97 Å². The summed E-state index contributed by atoms with van der Waals surface area (Å²) in [7, 11) is 0. The van der Waals surface area contributed by atoms with Gasteiger partial charge in [-0.1, -0.05) is 67.6 Å². The number of nitrogens with zero attached hydrogens (tertiary/aromatic N) is 3. The lowest BCUT2D eigenvalue weighted by atomic mass is 9.76. The average molecular weight is 392 g/mol. The molecular formula is C24H26ClN3. The van der Waals surface area contributed by atoms with Crippen LogP contribution in [0.5, 0.6) is 0 Å². The molecule has 0 bridgehead atoms. The Bertz CT molecular complexity index is 857. The molecule has 4 heteroatoms. The van der Waals surface area contributed by atoms with Crippen LogP contribution in [0.1, 0.15) is 42.1 Å². The van der Waals surface area contributed by atoms with Crippen molar-refractivity contribution in [2.75, 3.05) is 6.54 Å². The second-order valence-corrected chi connectivity index (χ2v) is 8.10. The number of aromatic nitrogens is 2. The first-order chi connectivity index (χ1) is 13.7. The van der Waals surface area contributed by atoms with Crippen molar-refractivity contribution in [3.63, 3.8) is 0 Å². The minimum absolute atomic E-state index is 0.0231. The van der Waals surface area contributed by atoms with E-state index in [0.717, 1.165) is 25.1 Å². The number of benzene rings is 2. The Hall–Kier alpha value is -2.23. The summed E-state index contributed by atoms with van der Waals surface area (Å²) in [6, 6.07) is 23.7. The molecule has 0 amide bonds. The van der Waals surface area contributed by atoms with Crippen molar-refractivity contribution in [1.29, 1.82) is 0 Å². The van der Waals surface area contributed by atoms with Gasteiger partial charge >= 0.3 is 0 Å². The van der Waals surface area contributed by atoms with Crippen LogP contribution in [0.15, 0.2) is 79.3 Å². The van der Waals surface area contributed by atoms with Gasteiger partial charge in [-0.2, -0.15) is 0 Å². The second kappa shape index (κ2) is 8.85. The highest BCUT2D eigenvalue weighted by Gasteiger charge is 2.41. The summed E-state index contributed by atoms with van der Waals surface area (Å²) in [6.07, 6.45) is 5.37. The van der Waals surface area contributed by atoms with E-state index in [1.165, 1.54) is 11.1 Å². The highest BCUT2D eigenvalue weighted by molar-refractivity contribution is 6.20. The predicted octanol–water partition coefficient (Wildman–Crippen LogP) is 5.45. The minimum Gasteiger partial charge on any atom is -0.280 e. The Morgan fingerprint density at radius 2 is 1.71 bits per heavy atom. The molecule has 1 saturated heterocycles. The lowest BCUT2D eigenvalue weighted by molar-refractivity contribution is 0.0646. The number of likely N-dealkylation sites (tertiary alicyclic amines) is 1. The smallest absolute Gasteiger partial charge is 0.115 e. The highest BCUT2D eigenvalue weighted by Crippen LogP contribution is 2.47. The Labute approximate surface area is 172 Å². The number of hydrogen-bond donors (Lipinski definition) is 0. The summed E-state index contributed by atoms with van der Waals surface area (Å²) in [5.41, 5.74) is 3.75. The van der Waals surface area contributed by atoms with Gasteiger partial charge in [0.15, 0.2) is 0 Å². The van der Waals surface area contributed by atoms with Gasteiger partial charge in [0, 0.05) is 30.4 Å². The maximum absolute atomic E-state index is 6.99. The van der Waals surface area contributed by atoms with Gasteiger partial charge in [0.05, 0.1) is 5.50 Å². The lowest BCUT2D eigenvalue weighted by Crippen LogP contribution is -2.46. The molecule has 1 aliphatic rings. The standard InChI is InChI=1S/C24H26ClN3/c1-18-21(22-12-14-26-17-27-22)16-23(25)28(15-13-19-8-4-2-5-9-19)24(18)20-10-6-3-7-11-20/h2-12,14,17-18,21,23-24H,13,15-16H2,1H3. The lowest BCUT2D eigenvalue weighted by Gasteiger charge is -2.47. The van der Waals surface area contributed by atoms with Gasteiger partial charge < -0.3 is 0 Å². The minimum atomic E-state index is -0.0231. The molecule has 1 aliphatic heterocycles. The van der Waals surface area contributed by atoms with Crippen LogP contribution in [0.25, 0.3) is 0 Å². The molecule has 0 N–H and O–H groups in total. The van der Waals surface area contributed by atoms with Crippen LogP contribution < -0.4 is 0 Å². The third-order valence-electron chi connectivity index (χ3n) is 5.93. The first-order valence-corrected chi connectivity index (χ1v) is 10.4. The van der Waals surface area contributed by atoms with E-state index < -0.39 is 0 Å². The topological polar surface area (TPSA) is 29.0 Å². The van der Waals surface area contributed by atoms with Crippen molar-refractivity contribution < 1.29 is 0 Å². The highest BCUT2D eigenvalue weighted by atomic mass is 35.5. The summed E-state index contributed by atoms with van der Waals surface area (Å²) in [6.45, 7) is 3.28. The normalized spacial score (nSPS) is 25.5. The van der Waals surface area contributed by atoms with Crippen LogP contribution in [0.3, 0.4) is 0 Å². The molecule has 3 nitrogen and oxygen atoms in total. The molecule has 4 rings (SSSR count). The molecule has 0 aliphatic carbocycles. The Morgan fingerprint density at radius 1 is 1.00 bits per heavy atom. The van der Waals surface area contributed by atoms with Crippen molar-refractivity contribution in [3.05, 3.63) is 96.1 Å². The van der Waals surface area contributed by atoms with Gasteiger partial charge in [-0.3, -0.25) is 4.90 Å². The number of alkyl halides is 1. The zero-order valence-corrected chi connectivity index (χ0v) is 16.9. The predicted molar refractivity (Wildman–Crippen MR) is 114 cm³/mol. The van der Waals surface area contributed by atoms with E-state index >= 15 is 0 Å². The first-order valence-electron chi connectivity index (χ1n) is 9.98. The van der Waals surface area contributed by atoms with Crippen LogP contribution in [-0.2, 0) is 6.42 Å². The van der Waals surface area contributed by atoms with E-state index in [2.05, 4.69) is 82.5 Å². The first kappa shape index (κ1) is 19.1. The number of halogens is 1. The number of piperidine rings is 1. The molecule has 2 aromatic carbocycles. The molecule has 0 radical (unpaired) electrons. The van der Waals surface area contributed by atoms with E-state index in [1.54, 1.807) is 6.33 Å². The summed E-state index contributed by atoms with van der Waals surface area (Å²) in [4.78, 5) is 11.1. The van der Waals surface area contributed by atoms with E-state index in [1.807, 2.05) is 12.3 Å². The number of hydrogen-bond acceptors (Lipinski definition) is 3. The largest absolute Gasteiger partial charge is 0.280 e. The maximum Gasteiger partial charge on any atom is 0.115 e. The fraction of sp³-hybridized carbons (Fsp3) is 0.333. The van der Waals surface area contributed by atoms with E-state index in [0.29, 0.717) is 11.8 Å². The SMILES string of the molecule is CC1C(c2ccncn2)CC(Cl)N(CCc2ccccc2)C1c1ccccc1. The zero-order valence-electron chi connectivity index (χ0n) is 16.2. The van der Waals surface area contributed by atoms with Crippen LogP contribution in [0.4, 0.5) is 0 Å². The number of rotatable bonds is 5. The third-order valence-corrected chi connectivity index (χ3v) is 6.35. The van der Waals surface area contributed by atoms with Crippen molar-refractivity contribution in [2.45, 2.75) is 37.2 Å². The van der Waals surface area contributed by atoms with Crippen molar-refractivity contribution in [2.24, 2.45) is 5.92 Å². The molecule has 4 atom stereocenters. The monoisotopic (exact) mass is 391 g/mol. The quantitative estimate of drug-likeness (QED) is 0.427. The van der Waals surface area contributed by atoms with E-state index in [-0.39, 0.29) is 11.5 Å². The second-order valence-electron chi connectivity index (χ2n) is 7.60. The fourth-order valence-corrected chi connectivity index (χ4v) is 4.90. The molecule has 1 aromatic heterocycles. The van der Waals surface area contributed by atoms with Crippen LogP contribution in [0, 0.1) is 5.92 Å². The van der Waals surface area contributed by atoms with E-state index in [4.69, 9.17) is 11.6 Å². The van der Waals surface area contributed by atoms with Gasteiger partial charge in [-0.05, 0) is 36.0 Å². The van der Waals surface area contributed by atoms with E-state index in [9.17, 15) is 0 Å². The maximum atomic E-state index is 6.99. The molecule has 0 saturated carbocycles. The Morgan fingerprint density at radius 3 is 2.39 bits per heavy atom. The van der Waals surface area contributed by atoms with Crippen LogP contribution >= 0.6 is 11.6 Å². The summed E-state index contributed by atoms with van der Waals surface area (Å²) in [5.74, 6) is 0.728. The molecule has 144 valence electrons. The molecule has 0 spiro atoms. The molecule has 3 aromatic rings. The van der Waals surface area contributed by atoms with Crippen molar-refractivity contribution >= 4 is 11.6 Å². The molecule has 2 heterocycles. The van der Waals surface area contributed by atoms with Gasteiger partial charge in [-0.15, -0.1) is 11.6 Å². The summed E-state index contributed by atoms with van der Waals surface area (Å²) >= 11 is 6.99. The molecule has 28 heavy (non-hydrogen) atoms. The van der Waals surface area contributed by atoms with Gasteiger partial charge in [0.1, 0.15) is 6.33 Å². The average Bonchev–Trinajstić information content (AvgIpc) is 2.76. The fourth-order valence-electron chi connectivity index (χ4n) is 4.49. The van der Waals surface area contributed by atoms with Gasteiger partial charge in [0.25, 0.3) is 0 Å². The van der Waals surface area contributed by atoms with Crippen molar-refractivity contribution in [3.8, 4) is 0 Å². The Balaban J connectivity index is 1.63. The van der Waals surface area contributed by atoms with Crippen molar-refractivity contribution in [1.82, 2.24) is 14.9 Å². The zero-order chi connectivity index (χ0) is 19.3. The van der Waals surface area contributed by atoms with Gasteiger partial charge in [0.2, 0.25) is 0 Å². The van der Waals surface area contributed by atoms with Crippen LogP contribution in [-0.4, -0.2) is 26.9 Å². The molecular weight excluding hydrogens is 366 g/mol. The summed E-state index contributed by atoms with van der Waals surface area (Å²) in [5, 5.41) is 0. The summed E-state index contributed by atoms with van der Waals surface area (Å²) < 4.78 is 0. The van der Waals surface area contributed by atoms with Crippen LogP contribution in [0.2, 0.25) is 0 Å². The molecule has 4 unspecified atom stereocenters. The third kappa shape index (κ3) is 4.11.